The van der Waals surface area contributed by atoms with E-state index in [4.69, 9.17) is 4.42 Å². The smallest absolute Gasteiger partial charge is 0.272 e. The predicted molar refractivity (Wildman–Crippen MR) is 91.1 cm³/mol. The van der Waals surface area contributed by atoms with Crippen molar-refractivity contribution in [2.75, 3.05) is 0 Å². The lowest BCUT2D eigenvalue weighted by Gasteiger charge is -1.98. The van der Waals surface area contributed by atoms with Gasteiger partial charge in [-0.05, 0) is 36.4 Å². The zero-order chi connectivity index (χ0) is 16.1. The lowest BCUT2D eigenvalue weighted by atomic mass is 10.2. The first-order valence-corrected chi connectivity index (χ1v) is 7.61. The molecule has 2 heterocycles. The van der Waals surface area contributed by atoms with Crippen LogP contribution in [0.4, 0.5) is 0 Å². The molecular formula is C17H12BrN3O2. The van der Waals surface area contributed by atoms with Crippen LogP contribution in [-0.2, 0) is 0 Å². The van der Waals surface area contributed by atoms with E-state index < -0.39 is 0 Å². The Balaban J connectivity index is 1.65. The van der Waals surface area contributed by atoms with E-state index in [1.165, 1.54) is 12.4 Å². The van der Waals surface area contributed by atoms with Gasteiger partial charge in [0.05, 0.1) is 11.8 Å². The Labute approximate surface area is 141 Å². The van der Waals surface area contributed by atoms with Gasteiger partial charge in [-0.1, -0.05) is 28.1 Å². The van der Waals surface area contributed by atoms with Gasteiger partial charge in [-0.2, -0.15) is 5.10 Å². The molecule has 0 saturated heterocycles. The highest BCUT2D eigenvalue weighted by Gasteiger charge is 2.05. The van der Waals surface area contributed by atoms with E-state index in [2.05, 4.69) is 31.4 Å². The lowest BCUT2D eigenvalue weighted by molar-refractivity contribution is 0.0955. The molecule has 23 heavy (non-hydrogen) atoms. The van der Waals surface area contributed by atoms with E-state index in [1.807, 2.05) is 30.3 Å². The number of aromatic nitrogens is 1. The maximum Gasteiger partial charge on any atom is 0.272 e. The molecule has 0 unspecified atom stereocenters. The number of carbonyl (C=O) groups excluding carboxylic acids is 1. The van der Waals surface area contributed by atoms with Gasteiger partial charge in [-0.3, -0.25) is 9.78 Å². The molecule has 1 N–H and O–H groups in total. The van der Waals surface area contributed by atoms with Gasteiger partial charge < -0.3 is 4.42 Å². The predicted octanol–water partition coefficient (Wildman–Crippen LogP) is 3.87. The van der Waals surface area contributed by atoms with Crippen molar-refractivity contribution in [2.24, 2.45) is 5.10 Å². The van der Waals surface area contributed by atoms with E-state index in [-0.39, 0.29) is 5.91 Å². The number of carbonyl (C=O) groups is 1. The first-order chi connectivity index (χ1) is 11.2. The Bertz CT molecular complexity index is 827. The van der Waals surface area contributed by atoms with Crippen LogP contribution in [0.3, 0.4) is 0 Å². The van der Waals surface area contributed by atoms with Gasteiger partial charge in [0.1, 0.15) is 11.5 Å². The average Bonchev–Trinajstić information content (AvgIpc) is 3.05. The van der Waals surface area contributed by atoms with Crippen molar-refractivity contribution in [1.82, 2.24) is 10.4 Å². The number of halogens is 1. The number of benzene rings is 1. The quantitative estimate of drug-likeness (QED) is 0.560. The van der Waals surface area contributed by atoms with E-state index in [0.717, 1.165) is 15.8 Å². The summed E-state index contributed by atoms with van der Waals surface area (Å²) in [6.07, 6.45) is 4.53. The largest absolute Gasteiger partial charge is 0.455 e. The van der Waals surface area contributed by atoms with Crippen LogP contribution >= 0.6 is 15.9 Å². The molecule has 1 amide bonds. The number of pyridine rings is 1. The Morgan fingerprint density at radius 3 is 2.74 bits per heavy atom. The molecule has 5 nitrogen and oxygen atoms in total. The molecule has 0 radical (unpaired) electrons. The van der Waals surface area contributed by atoms with Crippen LogP contribution in [0.25, 0.3) is 11.3 Å². The Morgan fingerprint density at radius 1 is 1.17 bits per heavy atom. The standard InChI is InChI=1S/C17H12BrN3O2/c18-14-5-3-12(4-6-14)16-8-7-15(23-16)11-20-21-17(22)13-2-1-9-19-10-13/h1-11H,(H,21,22)/b20-11-. The van der Waals surface area contributed by atoms with Crippen molar-refractivity contribution >= 4 is 28.1 Å². The van der Waals surface area contributed by atoms with Crippen LogP contribution in [0, 0.1) is 0 Å². The minimum absolute atomic E-state index is 0.325. The molecule has 114 valence electrons. The van der Waals surface area contributed by atoms with E-state index >= 15 is 0 Å². The Morgan fingerprint density at radius 2 is 2.00 bits per heavy atom. The molecule has 6 heteroatoms. The fourth-order valence-electron chi connectivity index (χ4n) is 1.91. The summed E-state index contributed by atoms with van der Waals surface area (Å²) in [4.78, 5) is 15.7. The molecule has 0 atom stereocenters. The first-order valence-electron chi connectivity index (χ1n) is 6.81. The number of nitrogens with one attached hydrogen (secondary N) is 1. The zero-order valence-corrected chi connectivity index (χ0v) is 13.5. The summed E-state index contributed by atoms with van der Waals surface area (Å²) in [6.45, 7) is 0. The van der Waals surface area contributed by atoms with Gasteiger partial charge in [0.15, 0.2) is 0 Å². The minimum atomic E-state index is -0.325. The molecule has 1 aromatic carbocycles. The number of rotatable bonds is 4. The number of nitrogens with zero attached hydrogens (tertiary/aromatic N) is 2. The summed E-state index contributed by atoms with van der Waals surface area (Å²) in [7, 11) is 0. The van der Waals surface area contributed by atoms with Crippen molar-refractivity contribution in [3.63, 3.8) is 0 Å². The Kier molecular flexibility index (Phi) is 4.63. The van der Waals surface area contributed by atoms with E-state index in [0.29, 0.717) is 11.3 Å². The third-order valence-electron chi connectivity index (χ3n) is 3.04. The molecule has 2 aromatic heterocycles. The minimum Gasteiger partial charge on any atom is -0.455 e. The number of hydrogen-bond acceptors (Lipinski definition) is 4. The van der Waals surface area contributed by atoms with Crippen molar-refractivity contribution < 1.29 is 9.21 Å². The van der Waals surface area contributed by atoms with Crippen molar-refractivity contribution in [3.05, 3.63) is 76.7 Å². The monoisotopic (exact) mass is 369 g/mol. The SMILES string of the molecule is O=C(N/N=C\c1ccc(-c2ccc(Br)cc2)o1)c1cccnc1. The second-order valence-electron chi connectivity index (χ2n) is 4.65. The molecule has 0 bridgehead atoms. The van der Waals surface area contributed by atoms with Crippen molar-refractivity contribution in [1.29, 1.82) is 0 Å². The summed E-state index contributed by atoms with van der Waals surface area (Å²) in [5.41, 5.74) is 3.84. The van der Waals surface area contributed by atoms with Crippen LogP contribution in [0.1, 0.15) is 16.1 Å². The number of amides is 1. The topological polar surface area (TPSA) is 67.5 Å². The summed E-state index contributed by atoms with van der Waals surface area (Å²) in [5.74, 6) is 0.959. The molecule has 0 spiro atoms. The fraction of sp³-hybridized carbons (Fsp3) is 0. The van der Waals surface area contributed by atoms with Crippen LogP contribution in [0.15, 0.2) is 74.9 Å². The van der Waals surface area contributed by atoms with Gasteiger partial charge in [0.25, 0.3) is 5.91 Å². The van der Waals surface area contributed by atoms with Gasteiger partial charge in [-0.15, -0.1) is 0 Å². The van der Waals surface area contributed by atoms with Crippen LogP contribution < -0.4 is 5.43 Å². The summed E-state index contributed by atoms with van der Waals surface area (Å²) >= 11 is 3.39. The highest BCUT2D eigenvalue weighted by Crippen LogP contribution is 2.23. The van der Waals surface area contributed by atoms with Gasteiger partial charge in [-0.25, -0.2) is 5.43 Å². The second-order valence-corrected chi connectivity index (χ2v) is 5.57. The van der Waals surface area contributed by atoms with Crippen LogP contribution in [0.2, 0.25) is 0 Å². The fourth-order valence-corrected chi connectivity index (χ4v) is 2.17. The van der Waals surface area contributed by atoms with Crippen LogP contribution in [0.5, 0.6) is 0 Å². The highest BCUT2D eigenvalue weighted by molar-refractivity contribution is 9.10. The maximum absolute atomic E-state index is 11.8. The number of hydrogen-bond donors (Lipinski definition) is 1. The van der Waals surface area contributed by atoms with Gasteiger partial charge in [0, 0.05) is 22.4 Å². The molecule has 3 rings (SSSR count). The van der Waals surface area contributed by atoms with Crippen molar-refractivity contribution in [3.8, 4) is 11.3 Å². The number of hydrazone groups is 1. The highest BCUT2D eigenvalue weighted by atomic mass is 79.9. The third-order valence-corrected chi connectivity index (χ3v) is 3.57. The van der Waals surface area contributed by atoms with E-state index in [1.54, 1.807) is 24.4 Å². The van der Waals surface area contributed by atoms with Gasteiger partial charge in [0.2, 0.25) is 0 Å². The van der Waals surface area contributed by atoms with E-state index in [9.17, 15) is 4.79 Å². The molecular weight excluding hydrogens is 358 g/mol. The maximum atomic E-state index is 11.8. The van der Waals surface area contributed by atoms with Crippen LogP contribution in [-0.4, -0.2) is 17.1 Å². The summed E-state index contributed by atoms with van der Waals surface area (Å²) in [5, 5.41) is 3.89. The lowest BCUT2D eigenvalue weighted by Crippen LogP contribution is -2.17. The van der Waals surface area contributed by atoms with Gasteiger partial charge >= 0.3 is 0 Å². The molecule has 0 aliphatic rings. The number of furan rings is 1. The normalized spacial score (nSPS) is 10.8. The first kappa shape index (κ1) is 15.2. The Hall–Kier alpha value is -2.73. The molecule has 0 aliphatic heterocycles. The second kappa shape index (κ2) is 7.02. The summed E-state index contributed by atoms with van der Waals surface area (Å²) in [6, 6.07) is 14.8. The molecule has 3 aromatic rings. The third kappa shape index (κ3) is 3.92. The molecule has 0 saturated carbocycles. The summed E-state index contributed by atoms with van der Waals surface area (Å²) < 4.78 is 6.68. The molecule has 0 aliphatic carbocycles. The average molecular weight is 370 g/mol. The zero-order valence-electron chi connectivity index (χ0n) is 11.9. The van der Waals surface area contributed by atoms with Crippen molar-refractivity contribution in [2.45, 2.75) is 0 Å². The molecule has 0 fully saturated rings.